The van der Waals surface area contributed by atoms with E-state index >= 15 is 0 Å². The van der Waals surface area contributed by atoms with Crippen LogP contribution >= 0.6 is 23.1 Å². The number of ketones is 1. The first kappa shape index (κ1) is 21.3. The number of thioether (sulfide) groups is 1. The summed E-state index contributed by atoms with van der Waals surface area (Å²) in [5.74, 6) is -0.667. The number of carbonyl (C=O) groups excluding carboxylic acids is 2. The Morgan fingerprint density at radius 3 is 2.67 bits per heavy atom. The highest BCUT2D eigenvalue weighted by molar-refractivity contribution is 7.99. The van der Waals surface area contributed by atoms with Crippen LogP contribution in [0.4, 0.5) is 5.95 Å². The van der Waals surface area contributed by atoms with E-state index in [0.29, 0.717) is 11.0 Å². The second-order valence-electron chi connectivity index (χ2n) is 7.70. The van der Waals surface area contributed by atoms with Gasteiger partial charge in [-0.2, -0.15) is 0 Å². The van der Waals surface area contributed by atoms with Crippen molar-refractivity contribution in [3.8, 4) is 0 Å². The predicted octanol–water partition coefficient (Wildman–Crippen LogP) is 3.38. The molecule has 10 heteroatoms. The van der Waals surface area contributed by atoms with E-state index in [0.717, 1.165) is 42.7 Å². The van der Waals surface area contributed by atoms with E-state index in [-0.39, 0.29) is 18.1 Å². The Kier molecular flexibility index (Phi) is 6.72. The van der Waals surface area contributed by atoms with Crippen molar-refractivity contribution in [2.75, 3.05) is 30.3 Å². The summed E-state index contributed by atoms with van der Waals surface area (Å²) >= 11 is 2.68. The minimum absolute atomic E-state index is 0.132. The number of piperidine rings is 1. The third kappa shape index (κ3) is 4.69. The van der Waals surface area contributed by atoms with Gasteiger partial charge in [-0.15, -0.1) is 21.5 Å². The van der Waals surface area contributed by atoms with Crippen LogP contribution in [0.25, 0.3) is 0 Å². The Morgan fingerprint density at radius 2 is 2.03 bits per heavy atom. The molecule has 0 amide bonds. The van der Waals surface area contributed by atoms with Gasteiger partial charge in [0.05, 0.1) is 12.4 Å². The summed E-state index contributed by atoms with van der Waals surface area (Å²) in [4.78, 5) is 32.2. The Morgan fingerprint density at radius 1 is 1.27 bits per heavy atom. The van der Waals surface area contributed by atoms with E-state index in [4.69, 9.17) is 4.74 Å². The van der Waals surface area contributed by atoms with Crippen molar-refractivity contribution >= 4 is 40.8 Å². The minimum atomic E-state index is -0.977. The van der Waals surface area contributed by atoms with Crippen LogP contribution in [0.2, 0.25) is 0 Å². The van der Waals surface area contributed by atoms with Crippen molar-refractivity contribution in [2.45, 2.75) is 63.1 Å². The summed E-state index contributed by atoms with van der Waals surface area (Å²) in [7, 11) is 0. The molecule has 1 atom stereocenters. The maximum atomic E-state index is 13.0. The van der Waals surface area contributed by atoms with Gasteiger partial charge in [-0.1, -0.05) is 11.8 Å². The van der Waals surface area contributed by atoms with E-state index < -0.39 is 11.9 Å². The highest BCUT2D eigenvalue weighted by Gasteiger charge is 2.35. The lowest BCUT2D eigenvalue weighted by Crippen LogP contribution is -2.32. The molecule has 0 spiro atoms. The molecule has 8 nitrogen and oxygen atoms in total. The highest BCUT2D eigenvalue weighted by Crippen LogP contribution is 2.41. The molecule has 30 heavy (non-hydrogen) atoms. The monoisotopic (exact) mass is 449 g/mol. The summed E-state index contributed by atoms with van der Waals surface area (Å²) in [5, 5.41) is 11.9. The maximum absolute atomic E-state index is 13.0. The van der Waals surface area contributed by atoms with Crippen LogP contribution in [0.1, 0.15) is 61.7 Å². The van der Waals surface area contributed by atoms with E-state index in [2.05, 4.69) is 24.6 Å². The summed E-state index contributed by atoms with van der Waals surface area (Å²) in [6.45, 7) is 5.82. The summed E-state index contributed by atoms with van der Waals surface area (Å²) in [6, 6.07) is 0.414. The lowest BCUT2D eigenvalue weighted by Gasteiger charge is -2.27. The number of rotatable bonds is 9. The van der Waals surface area contributed by atoms with Crippen LogP contribution in [0, 0.1) is 6.92 Å². The van der Waals surface area contributed by atoms with Gasteiger partial charge in [-0.05, 0) is 46.0 Å². The van der Waals surface area contributed by atoms with Gasteiger partial charge in [-0.3, -0.25) is 14.2 Å². The number of thiazole rings is 1. The number of esters is 1. The standard InChI is InChI=1S/C20H27N5O3S2/c1-3-28-18(27)16(17-21-13(2)11-29-17)15(26)12-30-20-23-22-19(25(20)14-7-8-14)24-9-5-4-6-10-24/h11,14,16H,3-10,12H2,1-2H3. The van der Waals surface area contributed by atoms with E-state index in [1.165, 1.54) is 42.4 Å². The molecule has 0 radical (unpaired) electrons. The molecule has 0 aromatic carbocycles. The topological polar surface area (TPSA) is 90.2 Å². The van der Waals surface area contributed by atoms with Crippen molar-refractivity contribution < 1.29 is 14.3 Å². The number of aromatic nitrogens is 4. The largest absolute Gasteiger partial charge is 0.465 e. The number of nitrogens with zero attached hydrogens (tertiary/aromatic N) is 5. The molecular weight excluding hydrogens is 422 g/mol. The SMILES string of the molecule is CCOC(=O)C(C(=O)CSc1nnc(N2CCCCC2)n1C1CC1)c1nc(C)cs1. The van der Waals surface area contributed by atoms with Gasteiger partial charge in [-0.25, -0.2) is 4.98 Å². The first-order valence-electron chi connectivity index (χ1n) is 10.5. The van der Waals surface area contributed by atoms with Gasteiger partial charge in [0, 0.05) is 30.2 Å². The number of anilines is 1. The first-order valence-corrected chi connectivity index (χ1v) is 12.4. The number of carbonyl (C=O) groups is 2. The fourth-order valence-electron chi connectivity index (χ4n) is 3.65. The van der Waals surface area contributed by atoms with Crippen molar-refractivity contribution in [1.29, 1.82) is 0 Å². The molecule has 4 rings (SSSR count). The quantitative estimate of drug-likeness (QED) is 0.327. The lowest BCUT2D eigenvalue weighted by molar-refractivity contribution is -0.147. The average Bonchev–Trinajstić information content (AvgIpc) is 3.36. The van der Waals surface area contributed by atoms with Gasteiger partial charge in [0.2, 0.25) is 5.95 Å². The molecule has 1 saturated carbocycles. The molecule has 1 aliphatic carbocycles. The second-order valence-corrected chi connectivity index (χ2v) is 9.53. The zero-order valence-electron chi connectivity index (χ0n) is 17.4. The molecule has 0 N–H and O–H groups in total. The van der Waals surface area contributed by atoms with Gasteiger partial charge in [0.15, 0.2) is 16.9 Å². The number of hydrogen-bond acceptors (Lipinski definition) is 9. The normalized spacial score (nSPS) is 17.7. The molecular formula is C20H27N5O3S2. The first-order chi connectivity index (χ1) is 14.6. The number of aryl methyl sites for hydroxylation is 1. The van der Waals surface area contributed by atoms with Crippen LogP contribution in [0.5, 0.6) is 0 Å². The van der Waals surface area contributed by atoms with Crippen molar-refractivity contribution in [3.05, 3.63) is 16.1 Å². The molecule has 2 aromatic rings. The average molecular weight is 450 g/mol. The molecule has 2 aromatic heterocycles. The van der Waals surface area contributed by atoms with E-state index in [9.17, 15) is 9.59 Å². The van der Waals surface area contributed by atoms with Crippen molar-refractivity contribution in [2.24, 2.45) is 0 Å². The molecule has 3 heterocycles. The van der Waals surface area contributed by atoms with Crippen LogP contribution < -0.4 is 4.90 Å². The fourth-order valence-corrected chi connectivity index (χ4v) is 5.46. The summed E-state index contributed by atoms with van der Waals surface area (Å²) in [5.41, 5.74) is 0.796. The Bertz CT molecular complexity index is 902. The molecule has 2 fully saturated rings. The van der Waals surface area contributed by atoms with Gasteiger partial charge in [0.1, 0.15) is 5.01 Å². The van der Waals surface area contributed by atoms with Crippen molar-refractivity contribution in [3.63, 3.8) is 0 Å². The van der Waals surface area contributed by atoms with E-state index in [1.807, 2.05) is 12.3 Å². The maximum Gasteiger partial charge on any atom is 0.323 e. The van der Waals surface area contributed by atoms with Gasteiger partial charge >= 0.3 is 5.97 Å². The molecule has 0 bridgehead atoms. The zero-order chi connectivity index (χ0) is 21.1. The van der Waals surface area contributed by atoms with Crippen LogP contribution in [-0.4, -0.2) is 57.0 Å². The summed E-state index contributed by atoms with van der Waals surface area (Å²) < 4.78 is 7.34. The van der Waals surface area contributed by atoms with E-state index in [1.54, 1.807) is 6.92 Å². The molecule has 162 valence electrons. The third-order valence-corrected chi connectivity index (χ3v) is 7.26. The van der Waals surface area contributed by atoms with Crippen LogP contribution in [-0.2, 0) is 14.3 Å². The predicted molar refractivity (Wildman–Crippen MR) is 116 cm³/mol. The van der Waals surface area contributed by atoms with Crippen LogP contribution in [0.3, 0.4) is 0 Å². The molecule has 1 aliphatic heterocycles. The van der Waals surface area contributed by atoms with Gasteiger partial charge < -0.3 is 9.64 Å². The molecule has 2 aliphatic rings. The number of Topliss-reactive ketones (excluding diaryl/α,β-unsaturated/α-hetero) is 1. The second kappa shape index (κ2) is 9.47. The Hall–Kier alpha value is -1.94. The highest BCUT2D eigenvalue weighted by atomic mass is 32.2. The van der Waals surface area contributed by atoms with Crippen LogP contribution in [0.15, 0.2) is 10.5 Å². The fraction of sp³-hybridized carbons (Fsp3) is 0.650. The third-order valence-electron chi connectivity index (χ3n) is 5.27. The number of hydrogen-bond donors (Lipinski definition) is 0. The Labute approximate surface area is 184 Å². The molecule has 1 unspecified atom stereocenters. The van der Waals surface area contributed by atoms with Crippen molar-refractivity contribution in [1.82, 2.24) is 19.7 Å². The lowest BCUT2D eigenvalue weighted by atomic mass is 10.1. The minimum Gasteiger partial charge on any atom is -0.465 e. The number of ether oxygens (including phenoxy) is 1. The molecule has 1 saturated heterocycles. The zero-order valence-corrected chi connectivity index (χ0v) is 19.0. The smallest absolute Gasteiger partial charge is 0.323 e. The van der Waals surface area contributed by atoms with Gasteiger partial charge in [0.25, 0.3) is 0 Å². The Balaban J connectivity index is 1.49. The summed E-state index contributed by atoms with van der Waals surface area (Å²) in [6.07, 6.45) is 5.84.